The molecule has 0 spiro atoms. The van der Waals surface area contributed by atoms with Gasteiger partial charge in [-0.1, -0.05) is 13.3 Å². The molecule has 0 unspecified atom stereocenters. The first-order chi connectivity index (χ1) is 10.2. The van der Waals surface area contributed by atoms with Crippen molar-refractivity contribution in [1.29, 1.82) is 0 Å². The van der Waals surface area contributed by atoms with Crippen LogP contribution in [0.2, 0.25) is 0 Å². The molecule has 0 saturated heterocycles. The van der Waals surface area contributed by atoms with Gasteiger partial charge in [-0.15, -0.1) is 0 Å². The maximum Gasteiger partial charge on any atom is 0.119 e. The SMILES string of the molecule is CCCCOc1ccc(OCCOCCOC(C)C)cc1. The number of hydrogen-bond acceptors (Lipinski definition) is 4. The lowest BCUT2D eigenvalue weighted by Crippen LogP contribution is -2.13. The number of rotatable bonds is 12. The molecule has 0 aromatic heterocycles. The molecular formula is C17H28O4. The summed E-state index contributed by atoms with van der Waals surface area (Å²) < 4.78 is 22.0. The molecule has 1 aromatic carbocycles. The van der Waals surface area contributed by atoms with Gasteiger partial charge in [-0.2, -0.15) is 0 Å². The molecule has 0 radical (unpaired) electrons. The molecule has 21 heavy (non-hydrogen) atoms. The Kier molecular flexibility index (Phi) is 9.66. The van der Waals surface area contributed by atoms with E-state index in [1.165, 1.54) is 0 Å². The summed E-state index contributed by atoms with van der Waals surface area (Å²) in [7, 11) is 0. The van der Waals surface area contributed by atoms with Crippen molar-refractivity contribution >= 4 is 0 Å². The van der Waals surface area contributed by atoms with Gasteiger partial charge in [0.15, 0.2) is 0 Å². The van der Waals surface area contributed by atoms with Crippen LogP contribution in [0.15, 0.2) is 24.3 Å². The van der Waals surface area contributed by atoms with Gasteiger partial charge in [0.1, 0.15) is 18.1 Å². The maximum atomic E-state index is 5.60. The smallest absolute Gasteiger partial charge is 0.119 e. The van der Waals surface area contributed by atoms with Crippen LogP contribution in [0, 0.1) is 0 Å². The summed E-state index contributed by atoms with van der Waals surface area (Å²) in [6.07, 6.45) is 2.47. The monoisotopic (exact) mass is 296 g/mol. The topological polar surface area (TPSA) is 36.9 Å². The Morgan fingerprint density at radius 2 is 1.38 bits per heavy atom. The summed E-state index contributed by atoms with van der Waals surface area (Å²) in [6.45, 7) is 9.28. The molecule has 0 saturated carbocycles. The third kappa shape index (κ3) is 9.32. The summed E-state index contributed by atoms with van der Waals surface area (Å²) in [5.74, 6) is 1.72. The second kappa shape index (κ2) is 11.4. The third-order valence-electron chi connectivity index (χ3n) is 2.77. The van der Waals surface area contributed by atoms with Crippen LogP contribution in [-0.4, -0.2) is 39.1 Å². The maximum absolute atomic E-state index is 5.60. The summed E-state index contributed by atoms with van der Waals surface area (Å²) in [4.78, 5) is 0. The van der Waals surface area contributed by atoms with Crippen LogP contribution in [0.1, 0.15) is 33.6 Å². The van der Waals surface area contributed by atoms with E-state index in [9.17, 15) is 0 Å². The van der Waals surface area contributed by atoms with Gasteiger partial charge in [-0.25, -0.2) is 0 Å². The second-order valence-electron chi connectivity index (χ2n) is 5.05. The zero-order valence-corrected chi connectivity index (χ0v) is 13.5. The van der Waals surface area contributed by atoms with Gasteiger partial charge in [0.25, 0.3) is 0 Å². The Bertz CT molecular complexity index is 348. The molecule has 120 valence electrons. The highest BCUT2D eigenvalue weighted by Gasteiger charge is 1.97. The fourth-order valence-corrected chi connectivity index (χ4v) is 1.63. The zero-order valence-electron chi connectivity index (χ0n) is 13.5. The molecule has 0 heterocycles. The van der Waals surface area contributed by atoms with E-state index in [2.05, 4.69) is 6.92 Å². The van der Waals surface area contributed by atoms with Crippen LogP contribution in [0.4, 0.5) is 0 Å². The average Bonchev–Trinajstić information content (AvgIpc) is 2.48. The van der Waals surface area contributed by atoms with Crippen LogP contribution in [0.25, 0.3) is 0 Å². The summed E-state index contributed by atoms with van der Waals surface area (Å²) in [5, 5.41) is 0. The highest BCUT2D eigenvalue weighted by atomic mass is 16.5. The van der Waals surface area contributed by atoms with E-state index in [0.717, 1.165) is 30.9 Å². The highest BCUT2D eigenvalue weighted by Crippen LogP contribution is 2.17. The van der Waals surface area contributed by atoms with Gasteiger partial charge in [0, 0.05) is 0 Å². The Labute approximate surface area is 128 Å². The Morgan fingerprint density at radius 1 is 0.810 bits per heavy atom. The number of ether oxygens (including phenoxy) is 4. The van der Waals surface area contributed by atoms with Crippen LogP contribution in [0.5, 0.6) is 11.5 Å². The van der Waals surface area contributed by atoms with Gasteiger partial charge in [-0.3, -0.25) is 0 Å². The van der Waals surface area contributed by atoms with Crippen LogP contribution in [0.3, 0.4) is 0 Å². The molecule has 1 rings (SSSR count). The Balaban J connectivity index is 2.07. The van der Waals surface area contributed by atoms with E-state index in [1.807, 2.05) is 38.1 Å². The lowest BCUT2D eigenvalue weighted by Gasteiger charge is -2.10. The van der Waals surface area contributed by atoms with Gasteiger partial charge >= 0.3 is 0 Å². The van der Waals surface area contributed by atoms with Gasteiger partial charge < -0.3 is 18.9 Å². The molecule has 1 aromatic rings. The molecule has 4 heteroatoms. The minimum Gasteiger partial charge on any atom is -0.494 e. The van der Waals surface area contributed by atoms with Crippen molar-refractivity contribution in [3.05, 3.63) is 24.3 Å². The van der Waals surface area contributed by atoms with Gasteiger partial charge in [-0.05, 0) is 44.5 Å². The molecule has 4 nitrogen and oxygen atoms in total. The molecule has 0 atom stereocenters. The lowest BCUT2D eigenvalue weighted by atomic mass is 10.3. The fraction of sp³-hybridized carbons (Fsp3) is 0.647. The van der Waals surface area contributed by atoms with E-state index >= 15 is 0 Å². The molecule has 0 fully saturated rings. The second-order valence-corrected chi connectivity index (χ2v) is 5.05. The van der Waals surface area contributed by atoms with Crippen molar-refractivity contribution in [2.45, 2.75) is 39.7 Å². The Hall–Kier alpha value is -1.26. The van der Waals surface area contributed by atoms with E-state index in [1.54, 1.807) is 0 Å². The minimum atomic E-state index is 0.253. The zero-order chi connectivity index (χ0) is 15.3. The third-order valence-corrected chi connectivity index (χ3v) is 2.77. The first kappa shape index (κ1) is 17.8. The molecule has 0 aliphatic heterocycles. The van der Waals surface area contributed by atoms with Crippen molar-refractivity contribution in [2.24, 2.45) is 0 Å². The van der Waals surface area contributed by atoms with Crippen molar-refractivity contribution in [2.75, 3.05) is 33.0 Å². The van der Waals surface area contributed by atoms with Crippen LogP contribution >= 0.6 is 0 Å². The lowest BCUT2D eigenvalue weighted by molar-refractivity contribution is 0.0124. The molecular weight excluding hydrogens is 268 g/mol. The minimum absolute atomic E-state index is 0.253. The summed E-state index contributed by atoms with van der Waals surface area (Å²) in [5.41, 5.74) is 0. The molecule has 0 aliphatic rings. The summed E-state index contributed by atoms with van der Waals surface area (Å²) in [6, 6.07) is 7.71. The van der Waals surface area contributed by atoms with Crippen LogP contribution < -0.4 is 9.47 Å². The average molecular weight is 296 g/mol. The first-order valence-corrected chi connectivity index (χ1v) is 7.77. The molecule has 0 bridgehead atoms. The molecule has 0 amide bonds. The van der Waals surface area contributed by atoms with Crippen molar-refractivity contribution in [3.8, 4) is 11.5 Å². The number of unbranched alkanes of at least 4 members (excludes halogenated alkanes) is 1. The van der Waals surface area contributed by atoms with E-state index in [4.69, 9.17) is 18.9 Å². The quantitative estimate of drug-likeness (QED) is 0.551. The van der Waals surface area contributed by atoms with Crippen LogP contribution in [-0.2, 0) is 9.47 Å². The van der Waals surface area contributed by atoms with Crippen molar-refractivity contribution < 1.29 is 18.9 Å². The van der Waals surface area contributed by atoms with Crippen molar-refractivity contribution in [3.63, 3.8) is 0 Å². The van der Waals surface area contributed by atoms with Gasteiger partial charge in [0.2, 0.25) is 0 Å². The molecule has 0 N–H and O–H groups in total. The fourth-order valence-electron chi connectivity index (χ4n) is 1.63. The Morgan fingerprint density at radius 3 is 1.95 bits per heavy atom. The van der Waals surface area contributed by atoms with Crippen molar-refractivity contribution in [1.82, 2.24) is 0 Å². The van der Waals surface area contributed by atoms with E-state index in [-0.39, 0.29) is 6.10 Å². The number of hydrogen-bond donors (Lipinski definition) is 0. The van der Waals surface area contributed by atoms with E-state index < -0.39 is 0 Å². The summed E-state index contributed by atoms with van der Waals surface area (Å²) >= 11 is 0. The largest absolute Gasteiger partial charge is 0.494 e. The first-order valence-electron chi connectivity index (χ1n) is 7.77. The van der Waals surface area contributed by atoms with Gasteiger partial charge in [0.05, 0.1) is 32.5 Å². The number of benzene rings is 1. The highest BCUT2D eigenvalue weighted by molar-refractivity contribution is 5.31. The standard InChI is InChI=1S/C17H28O4/c1-4-5-10-20-16-6-8-17(9-7-16)21-14-12-18-11-13-19-15(2)3/h6-9,15H,4-5,10-14H2,1-3H3. The molecule has 0 aliphatic carbocycles. The van der Waals surface area contributed by atoms with E-state index in [0.29, 0.717) is 26.4 Å². The normalized spacial score (nSPS) is 10.9. The predicted octanol–water partition coefficient (Wildman–Crippen LogP) is 3.69. The predicted molar refractivity (Wildman–Crippen MR) is 84.2 cm³/mol.